The number of anilines is 2. The first-order valence-electron chi connectivity index (χ1n) is 10.9. The van der Waals surface area contributed by atoms with E-state index < -0.39 is 0 Å². The van der Waals surface area contributed by atoms with Crippen molar-refractivity contribution in [3.8, 4) is 0 Å². The van der Waals surface area contributed by atoms with Crippen molar-refractivity contribution in [3.63, 3.8) is 0 Å². The van der Waals surface area contributed by atoms with Crippen molar-refractivity contribution in [3.05, 3.63) is 59.7 Å². The Kier molecular flexibility index (Phi) is 7.45. The average Bonchev–Trinajstić information content (AvgIpc) is 3.14. The number of hydrogen-bond donors (Lipinski definition) is 1. The smallest absolute Gasteiger partial charge is 0.229 e. The van der Waals surface area contributed by atoms with Crippen molar-refractivity contribution in [2.45, 2.75) is 58.8 Å². The zero-order valence-corrected chi connectivity index (χ0v) is 17.6. The standard InChI is InChI=1S/C25H32N2O2/c1-3-5-7-19-9-13-22(14-10-19)26-25(29)21-17-24(28)27(18-21)23-15-11-20(12-16-23)8-6-4-2/h9-16,21H,3-8,17-18H2,1-2H3,(H,26,29)/t21-/m0/s1. The van der Waals surface area contributed by atoms with Crippen LogP contribution in [0, 0.1) is 5.92 Å². The number of carbonyl (C=O) groups excluding carboxylic acids is 2. The molecule has 4 heteroatoms. The third-order valence-electron chi connectivity index (χ3n) is 5.60. The molecule has 1 N–H and O–H groups in total. The van der Waals surface area contributed by atoms with E-state index in [9.17, 15) is 9.59 Å². The molecule has 0 spiro atoms. The highest BCUT2D eigenvalue weighted by Gasteiger charge is 2.35. The van der Waals surface area contributed by atoms with Crippen molar-refractivity contribution in [1.82, 2.24) is 0 Å². The van der Waals surface area contributed by atoms with Crippen LogP contribution in [0.25, 0.3) is 0 Å². The number of nitrogens with one attached hydrogen (secondary N) is 1. The number of amides is 2. The highest BCUT2D eigenvalue weighted by atomic mass is 16.2. The summed E-state index contributed by atoms with van der Waals surface area (Å²) in [5, 5.41) is 2.97. The lowest BCUT2D eigenvalue weighted by atomic mass is 10.1. The van der Waals surface area contributed by atoms with Gasteiger partial charge in [0.1, 0.15) is 0 Å². The molecule has 1 heterocycles. The van der Waals surface area contributed by atoms with Crippen LogP contribution in [0.15, 0.2) is 48.5 Å². The Morgan fingerprint density at radius 3 is 2.03 bits per heavy atom. The van der Waals surface area contributed by atoms with Crippen LogP contribution >= 0.6 is 0 Å². The van der Waals surface area contributed by atoms with Gasteiger partial charge < -0.3 is 10.2 Å². The van der Waals surface area contributed by atoms with Crippen molar-refractivity contribution >= 4 is 23.2 Å². The molecular weight excluding hydrogens is 360 g/mol. The third-order valence-corrected chi connectivity index (χ3v) is 5.60. The SMILES string of the molecule is CCCCc1ccc(NC(=O)[C@H]2CC(=O)N(c3ccc(CCCC)cc3)C2)cc1. The van der Waals surface area contributed by atoms with Gasteiger partial charge in [-0.3, -0.25) is 9.59 Å². The van der Waals surface area contributed by atoms with E-state index in [-0.39, 0.29) is 24.2 Å². The molecule has 1 atom stereocenters. The lowest BCUT2D eigenvalue weighted by Gasteiger charge is -2.17. The fourth-order valence-electron chi connectivity index (χ4n) is 3.74. The number of nitrogens with zero attached hydrogens (tertiary/aromatic N) is 1. The molecule has 0 saturated carbocycles. The Bertz CT molecular complexity index is 812. The summed E-state index contributed by atoms with van der Waals surface area (Å²) >= 11 is 0. The third kappa shape index (κ3) is 5.69. The van der Waals surface area contributed by atoms with Gasteiger partial charge in [0.15, 0.2) is 0 Å². The number of rotatable bonds is 9. The molecule has 1 fully saturated rings. The molecule has 0 radical (unpaired) electrons. The first-order chi connectivity index (χ1) is 14.1. The molecule has 2 amide bonds. The zero-order valence-electron chi connectivity index (χ0n) is 17.6. The number of benzene rings is 2. The number of carbonyl (C=O) groups is 2. The molecule has 1 aliphatic heterocycles. The Morgan fingerprint density at radius 1 is 0.931 bits per heavy atom. The second-order valence-electron chi connectivity index (χ2n) is 7.97. The molecule has 4 nitrogen and oxygen atoms in total. The maximum Gasteiger partial charge on any atom is 0.229 e. The minimum Gasteiger partial charge on any atom is -0.326 e. The van der Waals surface area contributed by atoms with Crippen LogP contribution in [0.2, 0.25) is 0 Å². The highest BCUT2D eigenvalue weighted by molar-refractivity contribution is 6.03. The molecule has 0 aliphatic carbocycles. The summed E-state index contributed by atoms with van der Waals surface area (Å²) in [6.45, 7) is 4.80. The normalized spacial score (nSPS) is 16.3. The van der Waals surface area contributed by atoms with Crippen LogP contribution in [0.1, 0.15) is 57.1 Å². The summed E-state index contributed by atoms with van der Waals surface area (Å²) < 4.78 is 0. The number of aryl methyl sites for hydroxylation is 2. The second-order valence-corrected chi connectivity index (χ2v) is 7.97. The molecule has 0 bridgehead atoms. The maximum absolute atomic E-state index is 12.7. The van der Waals surface area contributed by atoms with E-state index in [0.717, 1.165) is 24.2 Å². The lowest BCUT2D eigenvalue weighted by molar-refractivity contribution is -0.122. The Morgan fingerprint density at radius 2 is 1.48 bits per heavy atom. The topological polar surface area (TPSA) is 49.4 Å². The van der Waals surface area contributed by atoms with Gasteiger partial charge in [-0.2, -0.15) is 0 Å². The maximum atomic E-state index is 12.7. The summed E-state index contributed by atoms with van der Waals surface area (Å²) in [5.74, 6) is -0.384. The van der Waals surface area contributed by atoms with Crippen LogP contribution in [-0.2, 0) is 22.4 Å². The molecule has 154 valence electrons. The molecule has 29 heavy (non-hydrogen) atoms. The van der Waals surface area contributed by atoms with Crippen LogP contribution in [0.4, 0.5) is 11.4 Å². The van der Waals surface area contributed by atoms with Crippen molar-refractivity contribution in [2.75, 3.05) is 16.8 Å². The lowest BCUT2D eigenvalue weighted by Crippen LogP contribution is -2.28. The summed E-state index contributed by atoms with van der Waals surface area (Å²) in [6, 6.07) is 16.2. The van der Waals surface area contributed by atoms with Gasteiger partial charge in [0.2, 0.25) is 11.8 Å². The Labute approximate surface area is 174 Å². The predicted molar refractivity (Wildman–Crippen MR) is 119 cm³/mol. The first kappa shape index (κ1) is 21.1. The van der Waals surface area contributed by atoms with Gasteiger partial charge in [-0.15, -0.1) is 0 Å². The van der Waals surface area contributed by atoms with Crippen LogP contribution in [0.5, 0.6) is 0 Å². The minimum atomic E-state index is -0.318. The summed E-state index contributed by atoms with van der Waals surface area (Å²) in [5.41, 5.74) is 4.25. The summed E-state index contributed by atoms with van der Waals surface area (Å²) in [6.07, 6.45) is 7.07. The van der Waals surface area contributed by atoms with Crippen LogP contribution < -0.4 is 10.2 Å². The number of unbranched alkanes of at least 4 members (excludes halogenated alkanes) is 2. The van der Waals surface area contributed by atoms with E-state index in [4.69, 9.17) is 0 Å². The molecule has 2 aromatic carbocycles. The minimum absolute atomic E-state index is 0.0152. The molecular formula is C25H32N2O2. The molecule has 0 aromatic heterocycles. The van der Waals surface area contributed by atoms with Gasteiger partial charge in [-0.05, 0) is 61.1 Å². The second kappa shape index (κ2) is 10.2. The first-order valence-corrected chi connectivity index (χ1v) is 10.9. The van der Waals surface area contributed by atoms with Gasteiger partial charge >= 0.3 is 0 Å². The van der Waals surface area contributed by atoms with Crippen LogP contribution in [-0.4, -0.2) is 18.4 Å². The average molecular weight is 393 g/mol. The van der Waals surface area contributed by atoms with E-state index in [1.807, 2.05) is 24.3 Å². The monoisotopic (exact) mass is 392 g/mol. The van der Waals surface area contributed by atoms with Crippen molar-refractivity contribution < 1.29 is 9.59 Å². The predicted octanol–water partition coefficient (Wildman–Crippen LogP) is 5.36. The van der Waals surface area contributed by atoms with Gasteiger partial charge in [0.25, 0.3) is 0 Å². The van der Waals surface area contributed by atoms with Crippen LogP contribution in [0.3, 0.4) is 0 Å². The van der Waals surface area contributed by atoms with Gasteiger partial charge in [-0.25, -0.2) is 0 Å². The molecule has 3 rings (SSSR count). The van der Waals surface area contributed by atoms with Gasteiger partial charge in [-0.1, -0.05) is 51.0 Å². The molecule has 0 unspecified atom stereocenters. The van der Waals surface area contributed by atoms with Gasteiger partial charge in [0.05, 0.1) is 5.92 Å². The molecule has 1 aliphatic rings. The van der Waals surface area contributed by atoms with E-state index >= 15 is 0 Å². The molecule has 2 aromatic rings. The molecule has 1 saturated heterocycles. The van der Waals surface area contributed by atoms with Crippen molar-refractivity contribution in [1.29, 1.82) is 0 Å². The summed E-state index contributed by atoms with van der Waals surface area (Å²) in [7, 11) is 0. The Hall–Kier alpha value is -2.62. The van der Waals surface area contributed by atoms with Gasteiger partial charge in [0, 0.05) is 24.3 Å². The largest absolute Gasteiger partial charge is 0.326 e. The van der Waals surface area contributed by atoms with Crippen molar-refractivity contribution in [2.24, 2.45) is 5.92 Å². The zero-order chi connectivity index (χ0) is 20.6. The fraction of sp³-hybridized carbons (Fsp3) is 0.440. The van der Waals surface area contributed by atoms with E-state index in [1.165, 1.54) is 36.8 Å². The quantitative estimate of drug-likeness (QED) is 0.624. The van der Waals surface area contributed by atoms with E-state index in [1.54, 1.807) is 4.90 Å². The fourth-order valence-corrected chi connectivity index (χ4v) is 3.74. The highest BCUT2D eigenvalue weighted by Crippen LogP contribution is 2.27. The Balaban J connectivity index is 1.57. The number of hydrogen-bond acceptors (Lipinski definition) is 2. The van der Waals surface area contributed by atoms with E-state index in [2.05, 4.69) is 43.4 Å². The summed E-state index contributed by atoms with van der Waals surface area (Å²) in [4.78, 5) is 26.9. The van der Waals surface area contributed by atoms with E-state index in [0.29, 0.717) is 6.54 Å².